The summed E-state index contributed by atoms with van der Waals surface area (Å²) in [5.41, 5.74) is 1.03. The third kappa shape index (κ3) is 3.05. The summed E-state index contributed by atoms with van der Waals surface area (Å²) in [5, 5.41) is 10.7. The van der Waals surface area contributed by atoms with Gasteiger partial charge in [-0.25, -0.2) is 0 Å². The predicted molar refractivity (Wildman–Crippen MR) is 91.1 cm³/mol. The van der Waals surface area contributed by atoms with Gasteiger partial charge in [0.05, 0.1) is 20.3 Å². The number of hydrogen-bond donors (Lipinski definition) is 1. The second-order valence-electron chi connectivity index (χ2n) is 6.13. The first-order valence-corrected chi connectivity index (χ1v) is 8.34. The molecule has 1 fully saturated rings. The molecule has 0 bridgehead atoms. The van der Waals surface area contributed by atoms with E-state index in [0.717, 1.165) is 23.5 Å². The molecule has 0 amide bonds. The number of aliphatic hydroxyl groups is 1. The van der Waals surface area contributed by atoms with Crippen molar-refractivity contribution in [3.05, 3.63) is 23.8 Å². The molecule has 0 radical (unpaired) electrons. The summed E-state index contributed by atoms with van der Waals surface area (Å²) < 4.78 is 21.0. The largest absolute Gasteiger partial charge is 0.467 e. The number of methoxy groups -OCH3 is 2. The zero-order chi connectivity index (χ0) is 18.1. The number of nitrogens with zero attached hydrogens (tertiary/aromatic N) is 4. The zero-order valence-electron chi connectivity index (χ0n) is 14.6. The second-order valence-corrected chi connectivity index (χ2v) is 6.13. The van der Waals surface area contributed by atoms with Gasteiger partial charge in [0.1, 0.15) is 0 Å². The first-order chi connectivity index (χ1) is 12.7. The van der Waals surface area contributed by atoms with Crippen molar-refractivity contribution in [2.75, 3.05) is 39.0 Å². The molecule has 3 heterocycles. The van der Waals surface area contributed by atoms with Crippen LogP contribution in [-0.2, 0) is 0 Å². The number of anilines is 1. The molecule has 2 atom stereocenters. The van der Waals surface area contributed by atoms with Crippen molar-refractivity contribution in [1.82, 2.24) is 15.0 Å². The molecule has 9 nitrogen and oxygen atoms in total. The Bertz CT molecular complexity index is 780. The standard InChI is InChI=1S/C17H20N4O5/c1-23-16-18-15(19-17(20-16)24-2)21-6-5-11(12(22)8-21)10-3-4-13-14(7-10)26-9-25-13/h3-4,7,11-12,22H,5-6,8-9H2,1-2H3/t11-,12+/m0/s1. The topological polar surface area (TPSA) is 99.1 Å². The zero-order valence-corrected chi connectivity index (χ0v) is 14.6. The van der Waals surface area contributed by atoms with Crippen LogP contribution >= 0.6 is 0 Å². The van der Waals surface area contributed by atoms with E-state index in [0.29, 0.717) is 19.0 Å². The van der Waals surface area contributed by atoms with Crippen LogP contribution in [0.4, 0.5) is 5.95 Å². The molecule has 9 heteroatoms. The molecule has 1 N–H and O–H groups in total. The van der Waals surface area contributed by atoms with Gasteiger partial charge in [0.2, 0.25) is 12.7 Å². The van der Waals surface area contributed by atoms with Crippen molar-refractivity contribution < 1.29 is 24.1 Å². The molecule has 2 aliphatic rings. The van der Waals surface area contributed by atoms with E-state index < -0.39 is 6.10 Å². The quantitative estimate of drug-likeness (QED) is 0.855. The third-order valence-electron chi connectivity index (χ3n) is 4.64. The van der Waals surface area contributed by atoms with Crippen molar-refractivity contribution in [2.45, 2.75) is 18.4 Å². The van der Waals surface area contributed by atoms with Gasteiger partial charge in [-0.3, -0.25) is 0 Å². The number of benzene rings is 1. The smallest absolute Gasteiger partial charge is 0.324 e. The Morgan fingerprint density at radius 2 is 1.81 bits per heavy atom. The molecule has 26 heavy (non-hydrogen) atoms. The molecule has 1 saturated heterocycles. The number of β-amino-alcohol motifs (C(OH)–C–C–N with tert-alkyl or cyclic N) is 1. The molecular formula is C17H20N4O5. The second kappa shape index (κ2) is 6.83. The van der Waals surface area contributed by atoms with E-state index in [1.54, 1.807) is 0 Å². The van der Waals surface area contributed by atoms with Crippen LogP contribution in [0.3, 0.4) is 0 Å². The number of hydrogen-bond acceptors (Lipinski definition) is 9. The van der Waals surface area contributed by atoms with Gasteiger partial charge in [-0.15, -0.1) is 4.98 Å². The fourth-order valence-corrected chi connectivity index (χ4v) is 3.30. The molecule has 0 aliphatic carbocycles. The van der Waals surface area contributed by atoms with Gasteiger partial charge in [-0.2, -0.15) is 9.97 Å². The van der Waals surface area contributed by atoms with Crippen molar-refractivity contribution in [2.24, 2.45) is 0 Å². The summed E-state index contributed by atoms with van der Waals surface area (Å²) >= 11 is 0. The van der Waals surface area contributed by atoms with E-state index >= 15 is 0 Å². The predicted octanol–water partition coefficient (Wildman–Crippen LogP) is 0.972. The Morgan fingerprint density at radius 3 is 2.50 bits per heavy atom. The molecule has 1 aromatic carbocycles. The summed E-state index contributed by atoms with van der Waals surface area (Å²) in [5.74, 6) is 1.90. The SMILES string of the molecule is COc1nc(OC)nc(N2CC[C@@H](c3ccc4c(c3)OCO4)[C@H](O)C2)n1. The molecule has 2 aliphatic heterocycles. The van der Waals surface area contributed by atoms with Gasteiger partial charge < -0.3 is 29.0 Å². The number of ether oxygens (including phenoxy) is 4. The Morgan fingerprint density at radius 1 is 1.08 bits per heavy atom. The summed E-state index contributed by atoms with van der Waals surface area (Å²) in [6, 6.07) is 6.17. The van der Waals surface area contributed by atoms with Crippen LogP contribution in [0, 0.1) is 0 Å². The lowest BCUT2D eigenvalue weighted by atomic mass is 9.87. The third-order valence-corrected chi connectivity index (χ3v) is 4.64. The number of piperidine rings is 1. The lowest BCUT2D eigenvalue weighted by molar-refractivity contribution is 0.129. The van der Waals surface area contributed by atoms with Crippen LogP contribution in [0.1, 0.15) is 17.9 Å². The van der Waals surface area contributed by atoms with Gasteiger partial charge in [0.25, 0.3) is 0 Å². The maximum absolute atomic E-state index is 10.7. The highest BCUT2D eigenvalue weighted by atomic mass is 16.7. The number of aliphatic hydroxyl groups excluding tert-OH is 1. The van der Waals surface area contributed by atoms with Crippen LogP contribution in [0.5, 0.6) is 23.5 Å². The van der Waals surface area contributed by atoms with Crippen LogP contribution in [0.15, 0.2) is 18.2 Å². The molecule has 0 unspecified atom stereocenters. The Kier molecular flexibility index (Phi) is 4.37. The molecule has 4 rings (SSSR count). The lowest BCUT2D eigenvalue weighted by Crippen LogP contribution is -2.43. The highest BCUT2D eigenvalue weighted by Crippen LogP contribution is 2.38. The van der Waals surface area contributed by atoms with Gasteiger partial charge in [-0.05, 0) is 24.1 Å². The maximum atomic E-state index is 10.7. The molecule has 0 saturated carbocycles. The molecular weight excluding hydrogens is 340 g/mol. The Labute approximate surface area is 150 Å². The first kappa shape index (κ1) is 16.6. The fourth-order valence-electron chi connectivity index (χ4n) is 3.30. The van der Waals surface area contributed by atoms with Crippen LogP contribution in [0.25, 0.3) is 0 Å². The maximum Gasteiger partial charge on any atom is 0.324 e. The summed E-state index contributed by atoms with van der Waals surface area (Å²) in [6.45, 7) is 1.32. The minimum atomic E-state index is -0.571. The number of rotatable bonds is 4. The van der Waals surface area contributed by atoms with E-state index in [4.69, 9.17) is 18.9 Å². The van der Waals surface area contributed by atoms with Crippen molar-refractivity contribution in [3.8, 4) is 23.5 Å². The Hall–Kier alpha value is -2.81. The Balaban J connectivity index is 1.52. The van der Waals surface area contributed by atoms with E-state index in [1.165, 1.54) is 14.2 Å². The minimum Gasteiger partial charge on any atom is -0.467 e. The molecule has 1 aromatic heterocycles. The van der Waals surface area contributed by atoms with E-state index in [-0.39, 0.29) is 24.7 Å². The first-order valence-electron chi connectivity index (χ1n) is 8.34. The van der Waals surface area contributed by atoms with E-state index in [1.807, 2.05) is 23.1 Å². The average molecular weight is 360 g/mol. The number of aromatic nitrogens is 3. The molecule has 0 spiro atoms. The monoisotopic (exact) mass is 360 g/mol. The normalized spacial score (nSPS) is 21.6. The number of fused-ring (bicyclic) bond motifs is 1. The minimum absolute atomic E-state index is 0.00591. The van der Waals surface area contributed by atoms with Gasteiger partial charge in [-0.1, -0.05) is 6.07 Å². The van der Waals surface area contributed by atoms with Crippen LogP contribution in [0.2, 0.25) is 0 Å². The van der Waals surface area contributed by atoms with Crippen LogP contribution < -0.4 is 23.8 Å². The lowest BCUT2D eigenvalue weighted by Gasteiger charge is -2.36. The molecule has 138 valence electrons. The summed E-state index contributed by atoms with van der Waals surface area (Å²) in [4.78, 5) is 14.4. The fraction of sp³-hybridized carbons (Fsp3) is 0.471. The highest BCUT2D eigenvalue weighted by molar-refractivity contribution is 5.46. The van der Waals surface area contributed by atoms with E-state index in [9.17, 15) is 5.11 Å². The average Bonchev–Trinajstić information content (AvgIpc) is 3.15. The van der Waals surface area contributed by atoms with Crippen molar-refractivity contribution in [1.29, 1.82) is 0 Å². The van der Waals surface area contributed by atoms with Crippen molar-refractivity contribution in [3.63, 3.8) is 0 Å². The highest BCUT2D eigenvalue weighted by Gasteiger charge is 2.31. The summed E-state index contributed by atoms with van der Waals surface area (Å²) in [6.07, 6.45) is 0.176. The van der Waals surface area contributed by atoms with Crippen molar-refractivity contribution >= 4 is 5.95 Å². The molecule has 2 aromatic rings. The van der Waals surface area contributed by atoms with Gasteiger partial charge in [0.15, 0.2) is 11.5 Å². The van der Waals surface area contributed by atoms with Gasteiger partial charge >= 0.3 is 12.0 Å². The van der Waals surface area contributed by atoms with Gasteiger partial charge in [0, 0.05) is 19.0 Å². The van der Waals surface area contributed by atoms with E-state index in [2.05, 4.69) is 15.0 Å². The van der Waals surface area contributed by atoms with Crippen LogP contribution in [-0.4, -0.2) is 60.3 Å². The summed E-state index contributed by atoms with van der Waals surface area (Å²) in [7, 11) is 2.97.